The molecule has 5 heteroatoms. The first-order valence-corrected chi connectivity index (χ1v) is 12.3. The van der Waals surface area contributed by atoms with Gasteiger partial charge >= 0.3 is 0 Å². The largest absolute Gasteiger partial charge is 0.494 e. The number of carbonyl (C=O) groups is 1. The van der Waals surface area contributed by atoms with Crippen molar-refractivity contribution in [3.8, 4) is 17.0 Å². The highest BCUT2D eigenvalue weighted by Crippen LogP contribution is 2.44. The van der Waals surface area contributed by atoms with Crippen molar-refractivity contribution in [3.05, 3.63) is 107 Å². The third kappa shape index (κ3) is 4.46. The maximum Gasteiger partial charge on any atom is 0.273 e. The summed E-state index contributed by atoms with van der Waals surface area (Å²) in [6, 6.07) is 26.7. The van der Waals surface area contributed by atoms with Crippen LogP contribution in [0.5, 0.6) is 5.75 Å². The van der Waals surface area contributed by atoms with Gasteiger partial charge in [-0.3, -0.25) is 9.48 Å². The molecule has 0 radical (unpaired) electrons. The van der Waals surface area contributed by atoms with Gasteiger partial charge in [-0.25, -0.2) is 0 Å². The second-order valence-electron chi connectivity index (χ2n) is 9.15. The molecule has 1 amide bonds. The topological polar surface area (TPSA) is 47.4 Å². The first kappa shape index (κ1) is 22.9. The fourth-order valence-electron chi connectivity index (χ4n) is 4.82. The predicted octanol–water partition coefficient (Wildman–Crippen LogP) is 5.97. The summed E-state index contributed by atoms with van der Waals surface area (Å²) in [6.07, 6.45) is 1.76. The maximum atomic E-state index is 13.8. The molecule has 4 aromatic rings. The summed E-state index contributed by atoms with van der Waals surface area (Å²) in [4.78, 5) is 15.8. The maximum absolute atomic E-state index is 13.8. The molecule has 0 aliphatic carbocycles. The van der Waals surface area contributed by atoms with Gasteiger partial charge in [-0.1, -0.05) is 79.2 Å². The smallest absolute Gasteiger partial charge is 0.273 e. The summed E-state index contributed by atoms with van der Waals surface area (Å²) in [5, 5.41) is 4.81. The Morgan fingerprint density at radius 1 is 0.943 bits per heavy atom. The van der Waals surface area contributed by atoms with Crippen LogP contribution in [-0.2, 0) is 13.5 Å². The molecule has 1 unspecified atom stereocenters. The molecule has 0 saturated heterocycles. The number of benzene rings is 3. The summed E-state index contributed by atoms with van der Waals surface area (Å²) in [6.45, 7) is 5.49. The molecule has 5 nitrogen and oxygen atoms in total. The molecule has 0 N–H and O–H groups in total. The van der Waals surface area contributed by atoms with Gasteiger partial charge in [0, 0.05) is 24.7 Å². The van der Waals surface area contributed by atoms with Gasteiger partial charge in [0.1, 0.15) is 11.4 Å². The average molecular weight is 466 g/mol. The van der Waals surface area contributed by atoms with Gasteiger partial charge < -0.3 is 9.64 Å². The van der Waals surface area contributed by atoms with E-state index < -0.39 is 0 Å². The highest BCUT2D eigenvalue weighted by Gasteiger charge is 2.43. The normalized spacial score (nSPS) is 14.9. The third-order valence-corrected chi connectivity index (χ3v) is 6.61. The van der Waals surface area contributed by atoms with Crippen LogP contribution in [0.1, 0.15) is 52.1 Å². The van der Waals surface area contributed by atoms with E-state index in [0.29, 0.717) is 18.8 Å². The molecule has 1 atom stereocenters. The van der Waals surface area contributed by atoms with E-state index in [4.69, 9.17) is 9.84 Å². The summed E-state index contributed by atoms with van der Waals surface area (Å²) in [7, 11) is 1.87. The first-order chi connectivity index (χ1) is 17.1. The zero-order valence-electron chi connectivity index (χ0n) is 20.6. The lowest BCUT2D eigenvalue weighted by Crippen LogP contribution is -2.32. The van der Waals surface area contributed by atoms with Crippen molar-refractivity contribution in [2.75, 3.05) is 13.2 Å². The highest BCUT2D eigenvalue weighted by atomic mass is 16.5. The lowest BCUT2D eigenvalue weighted by Gasteiger charge is -2.27. The van der Waals surface area contributed by atoms with Crippen LogP contribution in [0.2, 0.25) is 0 Å². The zero-order valence-corrected chi connectivity index (χ0v) is 20.6. The van der Waals surface area contributed by atoms with Gasteiger partial charge in [-0.05, 0) is 43.0 Å². The van der Waals surface area contributed by atoms with Crippen molar-refractivity contribution >= 4 is 5.91 Å². The van der Waals surface area contributed by atoms with Crippen LogP contribution >= 0.6 is 0 Å². The molecule has 178 valence electrons. The molecule has 3 aromatic carbocycles. The van der Waals surface area contributed by atoms with Crippen LogP contribution in [0.25, 0.3) is 11.3 Å². The molecule has 1 aliphatic rings. The number of hydrogen-bond donors (Lipinski definition) is 0. The number of aryl methyl sites for hydroxylation is 2. The van der Waals surface area contributed by atoms with Gasteiger partial charge in [-0.15, -0.1) is 0 Å². The van der Waals surface area contributed by atoms with Crippen LogP contribution < -0.4 is 4.74 Å². The lowest BCUT2D eigenvalue weighted by atomic mass is 9.95. The van der Waals surface area contributed by atoms with Crippen LogP contribution in [-0.4, -0.2) is 33.7 Å². The van der Waals surface area contributed by atoms with E-state index in [1.807, 2.05) is 42.3 Å². The van der Waals surface area contributed by atoms with Crippen molar-refractivity contribution < 1.29 is 9.53 Å². The van der Waals surface area contributed by atoms with E-state index in [0.717, 1.165) is 41.0 Å². The number of ether oxygens (including phenoxy) is 1. The SMILES string of the molecule is CCCOc1ccc(C2c3c(-c4ccc(C)cc4)nn(C)c3C(=O)N2CCc2ccccc2)cc1. The number of amides is 1. The number of rotatable bonds is 8. The molecule has 0 spiro atoms. The molecule has 35 heavy (non-hydrogen) atoms. The summed E-state index contributed by atoms with van der Waals surface area (Å²) >= 11 is 0. The van der Waals surface area contributed by atoms with Gasteiger partial charge in [0.05, 0.1) is 18.3 Å². The Bertz CT molecular complexity index is 1310. The van der Waals surface area contributed by atoms with Gasteiger partial charge in [0.2, 0.25) is 0 Å². The van der Waals surface area contributed by atoms with Crippen LogP contribution in [0.4, 0.5) is 0 Å². The Kier molecular flexibility index (Phi) is 6.41. The molecule has 0 saturated carbocycles. The van der Waals surface area contributed by atoms with Crippen molar-refractivity contribution in [1.29, 1.82) is 0 Å². The van der Waals surface area contributed by atoms with Crippen LogP contribution in [0.15, 0.2) is 78.9 Å². The van der Waals surface area contributed by atoms with Crippen molar-refractivity contribution in [2.24, 2.45) is 7.05 Å². The van der Waals surface area contributed by atoms with E-state index in [-0.39, 0.29) is 11.9 Å². The van der Waals surface area contributed by atoms with Crippen LogP contribution in [0, 0.1) is 6.92 Å². The van der Waals surface area contributed by atoms with Crippen molar-refractivity contribution in [2.45, 2.75) is 32.7 Å². The predicted molar refractivity (Wildman–Crippen MR) is 139 cm³/mol. The average Bonchev–Trinajstić information content (AvgIpc) is 3.37. The van der Waals surface area contributed by atoms with E-state index in [9.17, 15) is 4.79 Å². The van der Waals surface area contributed by atoms with Crippen molar-refractivity contribution in [3.63, 3.8) is 0 Å². The quantitative estimate of drug-likeness (QED) is 0.322. The first-order valence-electron chi connectivity index (χ1n) is 12.3. The number of nitrogens with zero attached hydrogens (tertiary/aromatic N) is 3. The number of fused-ring (bicyclic) bond motifs is 1. The standard InChI is InChI=1S/C30H31N3O2/c1-4-20-35-25-16-14-24(15-17-25)28-26-27(23-12-10-21(2)11-13-23)31-32(3)29(26)30(34)33(28)19-18-22-8-6-5-7-9-22/h5-17,28H,4,18-20H2,1-3H3. The molecule has 1 aliphatic heterocycles. The molecule has 0 fully saturated rings. The van der Waals surface area contributed by atoms with E-state index in [2.05, 4.69) is 62.4 Å². The monoisotopic (exact) mass is 465 g/mol. The summed E-state index contributed by atoms with van der Waals surface area (Å²) in [5.74, 6) is 0.876. The minimum Gasteiger partial charge on any atom is -0.494 e. The Morgan fingerprint density at radius 3 is 2.34 bits per heavy atom. The molecule has 5 rings (SSSR count). The second kappa shape index (κ2) is 9.79. The third-order valence-electron chi connectivity index (χ3n) is 6.61. The minimum atomic E-state index is -0.202. The van der Waals surface area contributed by atoms with Gasteiger partial charge in [0.25, 0.3) is 5.91 Å². The lowest BCUT2D eigenvalue weighted by molar-refractivity contribution is 0.0742. The Labute approximate surface area is 207 Å². The number of carbonyl (C=O) groups excluding carboxylic acids is 1. The zero-order chi connectivity index (χ0) is 24.4. The second-order valence-corrected chi connectivity index (χ2v) is 9.15. The molecule has 1 aromatic heterocycles. The highest BCUT2D eigenvalue weighted by molar-refractivity contribution is 6.00. The van der Waals surface area contributed by atoms with Gasteiger partial charge in [-0.2, -0.15) is 5.10 Å². The van der Waals surface area contributed by atoms with E-state index in [1.54, 1.807) is 4.68 Å². The number of hydrogen-bond acceptors (Lipinski definition) is 3. The summed E-state index contributed by atoms with van der Waals surface area (Å²) < 4.78 is 7.56. The summed E-state index contributed by atoms with van der Waals surface area (Å²) in [5.41, 5.74) is 7.03. The molecular formula is C30H31N3O2. The fourth-order valence-corrected chi connectivity index (χ4v) is 4.82. The van der Waals surface area contributed by atoms with Crippen LogP contribution in [0.3, 0.4) is 0 Å². The van der Waals surface area contributed by atoms with E-state index in [1.165, 1.54) is 11.1 Å². The van der Waals surface area contributed by atoms with E-state index >= 15 is 0 Å². The van der Waals surface area contributed by atoms with Gasteiger partial charge in [0.15, 0.2) is 0 Å². The fraction of sp³-hybridized carbons (Fsp3) is 0.267. The Morgan fingerprint density at radius 2 is 1.66 bits per heavy atom. The molecular weight excluding hydrogens is 434 g/mol. The minimum absolute atomic E-state index is 0.0283. The Balaban J connectivity index is 1.57. The molecule has 0 bridgehead atoms. The Hall–Kier alpha value is -3.86. The number of aromatic nitrogens is 2. The molecule has 2 heterocycles. The van der Waals surface area contributed by atoms with Crippen molar-refractivity contribution in [1.82, 2.24) is 14.7 Å².